The number of anilines is 3. The number of hydrogen-bond donors (Lipinski definition) is 4. The molecule has 2 aliphatic heterocycles. The molecule has 2 aliphatic rings. The summed E-state index contributed by atoms with van der Waals surface area (Å²) in [5.74, 6) is -0.608. The van der Waals surface area contributed by atoms with Crippen LogP contribution in [0, 0.1) is 0 Å². The quantitative estimate of drug-likeness (QED) is 0.249. The van der Waals surface area contributed by atoms with Gasteiger partial charge in [-0.05, 0) is 49.5 Å². The monoisotopic (exact) mass is 616 g/mol. The lowest BCUT2D eigenvalue weighted by atomic mass is 9.84. The van der Waals surface area contributed by atoms with Gasteiger partial charge in [-0.1, -0.05) is 32.0 Å². The van der Waals surface area contributed by atoms with Gasteiger partial charge in [0, 0.05) is 67.8 Å². The zero-order chi connectivity index (χ0) is 31.1. The molecule has 0 saturated carbocycles. The lowest BCUT2D eigenvalue weighted by molar-refractivity contribution is 0.102. The number of likely N-dealkylation sites (N-methyl/N-ethyl adjacent to an activating group) is 1. The van der Waals surface area contributed by atoms with Gasteiger partial charge in [-0.15, -0.1) is 0 Å². The molecule has 0 unspecified atom stereocenters. The van der Waals surface area contributed by atoms with Crippen LogP contribution in [0.25, 0.3) is 0 Å². The summed E-state index contributed by atoms with van der Waals surface area (Å²) in [5.41, 5.74) is 2.64. The molecule has 0 aliphatic carbocycles. The Morgan fingerprint density at radius 1 is 0.932 bits per heavy atom. The minimum Gasteiger partial charge on any atom is -0.369 e. The van der Waals surface area contributed by atoms with Gasteiger partial charge in [0.2, 0.25) is 10.0 Å². The zero-order valence-electron chi connectivity index (χ0n) is 24.9. The van der Waals surface area contributed by atoms with Gasteiger partial charge in [-0.25, -0.2) is 8.42 Å². The maximum Gasteiger partial charge on any atom is 0.272 e. The van der Waals surface area contributed by atoms with Crippen molar-refractivity contribution in [3.63, 3.8) is 0 Å². The molecule has 4 aromatic rings. The van der Waals surface area contributed by atoms with Gasteiger partial charge in [-0.3, -0.25) is 14.7 Å². The topological polar surface area (TPSA) is 147 Å². The Kier molecular flexibility index (Phi) is 7.78. The molecule has 2 aromatic heterocycles. The number of rotatable bonds is 7. The van der Waals surface area contributed by atoms with E-state index in [1.54, 1.807) is 54.7 Å². The van der Waals surface area contributed by atoms with Gasteiger partial charge in [0.05, 0.1) is 16.1 Å². The van der Waals surface area contributed by atoms with E-state index < -0.39 is 21.3 Å². The van der Waals surface area contributed by atoms with E-state index in [1.165, 1.54) is 4.31 Å². The molecule has 0 radical (unpaired) electrons. The van der Waals surface area contributed by atoms with Crippen LogP contribution in [0.1, 0.15) is 46.0 Å². The Morgan fingerprint density at radius 2 is 1.68 bits per heavy atom. The van der Waals surface area contributed by atoms with Crippen molar-refractivity contribution in [3.05, 3.63) is 89.4 Å². The van der Waals surface area contributed by atoms with Gasteiger partial charge in [0.15, 0.2) is 5.82 Å². The van der Waals surface area contributed by atoms with Crippen molar-refractivity contribution in [2.24, 2.45) is 0 Å². The van der Waals surface area contributed by atoms with Crippen molar-refractivity contribution in [2.45, 2.75) is 30.7 Å². The van der Waals surface area contributed by atoms with E-state index in [4.69, 9.17) is 0 Å². The molecule has 1 fully saturated rings. The number of aromatic nitrogens is 3. The molecule has 0 bridgehead atoms. The molecule has 44 heavy (non-hydrogen) atoms. The molecule has 2 amide bonds. The van der Waals surface area contributed by atoms with Crippen LogP contribution < -0.4 is 15.5 Å². The van der Waals surface area contributed by atoms with E-state index in [2.05, 4.69) is 42.7 Å². The maximum absolute atomic E-state index is 13.8. The predicted molar refractivity (Wildman–Crippen MR) is 169 cm³/mol. The van der Waals surface area contributed by atoms with Gasteiger partial charge in [0.1, 0.15) is 5.69 Å². The standard InChI is InChI=1S/C31H36N8O4S/c1-31(2)20-39(44(42,43)22-8-5-4-6-9-22)19-24-27(31)35-36-28(24)34-29(40)23-12-11-21(38-16-14-37(3)15-17-38)18-26(23)33-30(41)25-10-7-13-32-25/h4-13,18,32H,14-17,19-20H2,1-3H3,(H,33,41)(H2,34,35,36,40). The molecule has 4 N–H and O–H groups in total. The third-order valence-electron chi connectivity index (χ3n) is 8.27. The van der Waals surface area contributed by atoms with Gasteiger partial charge in [-0.2, -0.15) is 9.40 Å². The van der Waals surface area contributed by atoms with Crippen LogP contribution in [-0.4, -0.2) is 84.4 Å². The van der Waals surface area contributed by atoms with E-state index >= 15 is 0 Å². The van der Waals surface area contributed by atoms with E-state index in [0.29, 0.717) is 16.9 Å². The van der Waals surface area contributed by atoms with Crippen LogP contribution in [0.5, 0.6) is 0 Å². The van der Waals surface area contributed by atoms with Crippen molar-refractivity contribution in [1.29, 1.82) is 0 Å². The lowest BCUT2D eigenvalue weighted by Crippen LogP contribution is -2.45. The number of carbonyl (C=O) groups excluding carboxylic acids is 2. The highest BCUT2D eigenvalue weighted by atomic mass is 32.2. The smallest absolute Gasteiger partial charge is 0.272 e. The molecular weight excluding hydrogens is 580 g/mol. The second kappa shape index (κ2) is 11.6. The Morgan fingerprint density at radius 3 is 2.39 bits per heavy atom. The Hall–Kier alpha value is -4.46. The Bertz CT molecular complexity index is 1780. The summed E-state index contributed by atoms with van der Waals surface area (Å²) in [6.45, 7) is 7.62. The number of aromatic amines is 2. The number of carbonyl (C=O) groups is 2. The highest BCUT2D eigenvalue weighted by molar-refractivity contribution is 7.89. The first-order chi connectivity index (χ1) is 21.0. The molecule has 13 heteroatoms. The van der Waals surface area contributed by atoms with Crippen molar-refractivity contribution in [3.8, 4) is 0 Å². The largest absolute Gasteiger partial charge is 0.369 e. The van der Waals surface area contributed by atoms with E-state index in [-0.39, 0.29) is 35.3 Å². The first kappa shape index (κ1) is 29.6. The highest BCUT2D eigenvalue weighted by Gasteiger charge is 2.41. The van der Waals surface area contributed by atoms with Crippen molar-refractivity contribution >= 4 is 39.0 Å². The zero-order valence-corrected chi connectivity index (χ0v) is 25.7. The summed E-state index contributed by atoms with van der Waals surface area (Å²) in [5, 5.41) is 13.2. The maximum atomic E-state index is 13.8. The lowest BCUT2D eigenvalue weighted by Gasteiger charge is -2.36. The number of benzene rings is 2. The molecule has 0 spiro atoms. The minimum absolute atomic E-state index is 0.0425. The molecule has 230 valence electrons. The van der Waals surface area contributed by atoms with Gasteiger partial charge < -0.3 is 25.4 Å². The van der Waals surface area contributed by atoms with Crippen molar-refractivity contribution in [1.82, 2.24) is 24.4 Å². The molecule has 4 heterocycles. The fourth-order valence-corrected chi connectivity index (χ4v) is 7.37. The second-order valence-corrected chi connectivity index (χ2v) is 13.8. The van der Waals surface area contributed by atoms with Crippen LogP contribution in [0.3, 0.4) is 0 Å². The summed E-state index contributed by atoms with van der Waals surface area (Å²) in [7, 11) is -1.71. The number of nitrogens with one attached hydrogen (secondary N) is 4. The average Bonchev–Trinajstić information content (AvgIpc) is 3.69. The molecule has 12 nitrogen and oxygen atoms in total. The summed E-state index contributed by atoms with van der Waals surface area (Å²) in [6.07, 6.45) is 1.66. The molecule has 0 atom stereocenters. The first-order valence-corrected chi connectivity index (χ1v) is 15.9. The van der Waals surface area contributed by atoms with Crippen molar-refractivity contribution in [2.75, 3.05) is 55.3 Å². The SMILES string of the molecule is CN1CCN(c2ccc(C(=O)Nc3n[nH]c4c3CN(S(=O)(=O)c3ccccc3)CC4(C)C)c(NC(=O)c3ccc[nH]3)c2)CC1. The summed E-state index contributed by atoms with van der Waals surface area (Å²) in [4.78, 5) is 34.4. The van der Waals surface area contributed by atoms with Gasteiger partial charge in [0.25, 0.3) is 11.8 Å². The van der Waals surface area contributed by atoms with E-state index in [9.17, 15) is 18.0 Å². The summed E-state index contributed by atoms with van der Waals surface area (Å²) < 4.78 is 28.5. The Balaban J connectivity index is 1.30. The number of amides is 2. The number of fused-ring (bicyclic) bond motifs is 1. The molecule has 1 saturated heterocycles. The normalized spacial score (nSPS) is 17.2. The first-order valence-electron chi connectivity index (χ1n) is 14.5. The minimum atomic E-state index is -3.79. The molecule has 2 aromatic carbocycles. The van der Waals surface area contributed by atoms with Crippen LogP contribution in [0.2, 0.25) is 0 Å². The van der Waals surface area contributed by atoms with Gasteiger partial charge >= 0.3 is 0 Å². The van der Waals surface area contributed by atoms with Crippen LogP contribution in [0.15, 0.2) is 71.8 Å². The predicted octanol–water partition coefficient (Wildman–Crippen LogP) is 3.48. The van der Waals surface area contributed by atoms with Crippen LogP contribution in [-0.2, 0) is 22.0 Å². The van der Waals surface area contributed by atoms with Crippen LogP contribution >= 0.6 is 0 Å². The van der Waals surface area contributed by atoms with E-state index in [0.717, 1.165) is 37.6 Å². The molecule has 6 rings (SSSR count). The fourth-order valence-electron chi connectivity index (χ4n) is 5.78. The summed E-state index contributed by atoms with van der Waals surface area (Å²) >= 11 is 0. The summed E-state index contributed by atoms with van der Waals surface area (Å²) in [6, 6.07) is 17.1. The number of hydrogen-bond acceptors (Lipinski definition) is 7. The highest BCUT2D eigenvalue weighted by Crippen LogP contribution is 2.38. The molecular formula is C31H36N8O4S. The second-order valence-electron chi connectivity index (χ2n) is 11.9. The number of piperazine rings is 1. The van der Waals surface area contributed by atoms with E-state index in [1.807, 2.05) is 26.0 Å². The third kappa shape index (κ3) is 5.73. The van der Waals surface area contributed by atoms with Crippen LogP contribution in [0.4, 0.5) is 17.2 Å². The number of H-pyrrole nitrogens is 2. The van der Waals surface area contributed by atoms with Crippen molar-refractivity contribution < 1.29 is 18.0 Å². The number of sulfonamides is 1. The third-order valence-corrected chi connectivity index (χ3v) is 10.1. The fraction of sp³-hybridized carbons (Fsp3) is 0.323. The number of nitrogens with zero attached hydrogens (tertiary/aromatic N) is 4. The Labute approximate surface area is 256 Å². The average molecular weight is 617 g/mol.